The van der Waals surface area contributed by atoms with E-state index in [-0.39, 0.29) is 18.2 Å². The molecule has 2 heterocycles. The number of benzene rings is 1. The van der Waals surface area contributed by atoms with E-state index in [1.165, 1.54) is 6.33 Å². The summed E-state index contributed by atoms with van der Waals surface area (Å²) in [6, 6.07) is 8.10. The van der Waals surface area contributed by atoms with Gasteiger partial charge in [0.2, 0.25) is 0 Å². The molecular formula is C17H23N5O2. The second-order valence-corrected chi connectivity index (χ2v) is 6.23. The number of nitrogens with one attached hydrogen (secondary N) is 1. The molecule has 0 bridgehead atoms. The van der Waals surface area contributed by atoms with Gasteiger partial charge in [-0.15, -0.1) is 0 Å². The molecule has 1 aliphatic heterocycles. The fourth-order valence-electron chi connectivity index (χ4n) is 2.90. The molecule has 2 amide bonds. The summed E-state index contributed by atoms with van der Waals surface area (Å²) in [6.45, 7) is 6.45. The number of ether oxygens (including phenoxy) is 1. The van der Waals surface area contributed by atoms with Crippen molar-refractivity contribution < 1.29 is 9.53 Å². The maximum atomic E-state index is 12.3. The van der Waals surface area contributed by atoms with Gasteiger partial charge in [0.15, 0.2) is 0 Å². The van der Waals surface area contributed by atoms with Gasteiger partial charge in [-0.1, -0.05) is 24.3 Å². The average molecular weight is 329 g/mol. The van der Waals surface area contributed by atoms with E-state index in [4.69, 9.17) is 4.74 Å². The largest absolute Gasteiger partial charge is 0.372 e. The van der Waals surface area contributed by atoms with Crippen molar-refractivity contribution in [3.05, 3.63) is 48.0 Å². The van der Waals surface area contributed by atoms with E-state index in [0.717, 1.165) is 11.1 Å². The fraction of sp³-hybridized carbons (Fsp3) is 0.471. The molecule has 1 N–H and O–H groups in total. The third kappa shape index (κ3) is 4.32. The van der Waals surface area contributed by atoms with Crippen LogP contribution in [0.25, 0.3) is 0 Å². The first-order chi connectivity index (χ1) is 11.6. The fourth-order valence-corrected chi connectivity index (χ4v) is 2.90. The Morgan fingerprint density at radius 3 is 2.50 bits per heavy atom. The molecule has 1 aromatic carbocycles. The first kappa shape index (κ1) is 16.4. The highest BCUT2D eigenvalue weighted by Gasteiger charge is 2.25. The van der Waals surface area contributed by atoms with Crippen LogP contribution >= 0.6 is 0 Å². The van der Waals surface area contributed by atoms with Crippen LogP contribution < -0.4 is 5.32 Å². The Labute approximate surface area is 141 Å². The van der Waals surface area contributed by atoms with Crippen molar-refractivity contribution >= 4 is 6.03 Å². The quantitative estimate of drug-likeness (QED) is 0.926. The summed E-state index contributed by atoms with van der Waals surface area (Å²) >= 11 is 0. The molecule has 0 spiro atoms. The van der Waals surface area contributed by atoms with E-state index in [0.29, 0.717) is 26.2 Å². The number of morpholine rings is 1. The molecule has 2 aromatic rings. The third-order valence-corrected chi connectivity index (χ3v) is 3.98. The molecule has 1 saturated heterocycles. The zero-order valence-corrected chi connectivity index (χ0v) is 14.1. The zero-order chi connectivity index (χ0) is 16.9. The third-order valence-electron chi connectivity index (χ3n) is 3.98. The number of nitrogens with zero attached hydrogens (tertiary/aromatic N) is 4. The van der Waals surface area contributed by atoms with Crippen LogP contribution in [0.5, 0.6) is 0 Å². The standard InChI is InChI=1S/C17H23N5O2/c1-13-8-21(9-14(2)24-13)17(23)19-7-15-3-5-16(6-4-15)10-22-12-18-11-20-22/h3-6,11-14H,7-10H2,1-2H3,(H,19,23)/t13-,14+. The average Bonchev–Trinajstić information content (AvgIpc) is 3.06. The van der Waals surface area contributed by atoms with Gasteiger partial charge in [-0.05, 0) is 25.0 Å². The minimum atomic E-state index is -0.0382. The summed E-state index contributed by atoms with van der Waals surface area (Å²) in [7, 11) is 0. The number of carbonyl (C=O) groups is 1. The summed E-state index contributed by atoms with van der Waals surface area (Å²) in [5.74, 6) is 0. The summed E-state index contributed by atoms with van der Waals surface area (Å²) < 4.78 is 7.43. The predicted octanol–water partition coefficient (Wildman–Crippen LogP) is 1.65. The number of amides is 2. The molecule has 0 radical (unpaired) electrons. The van der Waals surface area contributed by atoms with Crippen molar-refractivity contribution in [1.82, 2.24) is 25.0 Å². The molecule has 24 heavy (non-hydrogen) atoms. The van der Waals surface area contributed by atoms with Gasteiger partial charge < -0.3 is 15.0 Å². The molecule has 128 valence electrons. The van der Waals surface area contributed by atoms with Gasteiger partial charge in [0.25, 0.3) is 0 Å². The summed E-state index contributed by atoms with van der Waals surface area (Å²) in [6.07, 6.45) is 3.38. The Bertz CT molecular complexity index is 646. The van der Waals surface area contributed by atoms with E-state index in [9.17, 15) is 4.79 Å². The lowest BCUT2D eigenvalue weighted by molar-refractivity contribution is -0.0545. The maximum absolute atomic E-state index is 12.3. The number of hydrogen-bond donors (Lipinski definition) is 1. The summed E-state index contributed by atoms with van der Waals surface area (Å²) in [5, 5.41) is 7.07. The summed E-state index contributed by atoms with van der Waals surface area (Å²) in [4.78, 5) is 18.0. The van der Waals surface area contributed by atoms with Crippen molar-refractivity contribution in [2.24, 2.45) is 0 Å². The number of carbonyl (C=O) groups excluding carboxylic acids is 1. The minimum absolute atomic E-state index is 0.0382. The van der Waals surface area contributed by atoms with Crippen molar-refractivity contribution in [3.8, 4) is 0 Å². The molecule has 1 aromatic heterocycles. The van der Waals surface area contributed by atoms with Gasteiger partial charge >= 0.3 is 6.03 Å². The normalized spacial score (nSPS) is 20.8. The molecule has 0 unspecified atom stereocenters. The van der Waals surface area contributed by atoms with Gasteiger partial charge in [-0.25, -0.2) is 14.5 Å². The lowest BCUT2D eigenvalue weighted by Gasteiger charge is -2.35. The Balaban J connectivity index is 1.50. The van der Waals surface area contributed by atoms with Crippen molar-refractivity contribution in [2.75, 3.05) is 13.1 Å². The number of urea groups is 1. The van der Waals surface area contributed by atoms with Crippen LogP contribution in [0, 0.1) is 0 Å². The van der Waals surface area contributed by atoms with Crippen LogP contribution in [-0.2, 0) is 17.8 Å². The van der Waals surface area contributed by atoms with Crippen molar-refractivity contribution in [2.45, 2.75) is 39.1 Å². The van der Waals surface area contributed by atoms with Crippen LogP contribution in [0.15, 0.2) is 36.9 Å². The first-order valence-corrected chi connectivity index (χ1v) is 8.18. The first-order valence-electron chi connectivity index (χ1n) is 8.18. The van der Waals surface area contributed by atoms with Crippen LogP contribution in [-0.4, -0.2) is 51.0 Å². The highest BCUT2D eigenvalue weighted by Crippen LogP contribution is 2.11. The van der Waals surface area contributed by atoms with Gasteiger partial charge in [0.1, 0.15) is 12.7 Å². The molecular weight excluding hydrogens is 306 g/mol. The van der Waals surface area contributed by atoms with Gasteiger partial charge in [-0.2, -0.15) is 5.10 Å². The maximum Gasteiger partial charge on any atom is 0.317 e. The van der Waals surface area contributed by atoms with E-state index in [1.54, 1.807) is 11.0 Å². The molecule has 2 atom stereocenters. The number of rotatable bonds is 4. The smallest absolute Gasteiger partial charge is 0.317 e. The second-order valence-electron chi connectivity index (χ2n) is 6.23. The monoisotopic (exact) mass is 329 g/mol. The van der Waals surface area contributed by atoms with Crippen LogP contribution in [0.3, 0.4) is 0 Å². The van der Waals surface area contributed by atoms with E-state index < -0.39 is 0 Å². The molecule has 7 heteroatoms. The second kappa shape index (κ2) is 7.44. The topological polar surface area (TPSA) is 72.3 Å². The SMILES string of the molecule is C[C@@H]1CN(C(=O)NCc2ccc(Cn3cncn3)cc2)C[C@H](C)O1. The van der Waals surface area contributed by atoms with Gasteiger partial charge in [0, 0.05) is 19.6 Å². The van der Waals surface area contributed by atoms with Gasteiger partial charge in [-0.3, -0.25) is 0 Å². The predicted molar refractivity (Wildman–Crippen MR) is 89.4 cm³/mol. The lowest BCUT2D eigenvalue weighted by atomic mass is 10.1. The van der Waals surface area contributed by atoms with Crippen LogP contribution in [0.1, 0.15) is 25.0 Å². The molecule has 0 aliphatic carbocycles. The minimum Gasteiger partial charge on any atom is -0.372 e. The molecule has 1 fully saturated rings. The Morgan fingerprint density at radius 2 is 1.88 bits per heavy atom. The Hall–Kier alpha value is -2.41. The Morgan fingerprint density at radius 1 is 1.21 bits per heavy atom. The highest BCUT2D eigenvalue weighted by atomic mass is 16.5. The molecule has 7 nitrogen and oxygen atoms in total. The number of aromatic nitrogens is 3. The van der Waals surface area contributed by atoms with Crippen LogP contribution in [0.2, 0.25) is 0 Å². The molecule has 3 rings (SSSR count). The zero-order valence-electron chi connectivity index (χ0n) is 14.1. The lowest BCUT2D eigenvalue weighted by Crippen LogP contribution is -2.51. The van der Waals surface area contributed by atoms with Crippen molar-refractivity contribution in [3.63, 3.8) is 0 Å². The highest BCUT2D eigenvalue weighted by molar-refractivity contribution is 5.74. The van der Waals surface area contributed by atoms with Crippen molar-refractivity contribution in [1.29, 1.82) is 0 Å². The Kier molecular flexibility index (Phi) is 5.10. The summed E-state index contributed by atoms with van der Waals surface area (Å²) in [5.41, 5.74) is 2.21. The van der Waals surface area contributed by atoms with Gasteiger partial charge in [0.05, 0.1) is 18.8 Å². The number of hydrogen-bond acceptors (Lipinski definition) is 4. The van der Waals surface area contributed by atoms with E-state index in [2.05, 4.69) is 15.4 Å². The molecule has 1 aliphatic rings. The van der Waals surface area contributed by atoms with Crippen LogP contribution in [0.4, 0.5) is 4.79 Å². The van der Waals surface area contributed by atoms with E-state index in [1.807, 2.05) is 43.0 Å². The van der Waals surface area contributed by atoms with E-state index >= 15 is 0 Å². The molecule has 0 saturated carbocycles.